The van der Waals surface area contributed by atoms with Crippen LogP contribution in [0.3, 0.4) is 0 Å². The number of fused-ring (bicyclic) bond motifs is 2. The van der Waals surface area contributed by atoms with E-state index in [1.807, 2.05) is 30.3 Å². The molecule has 0 saturated heterocycles. The summed E-state index contributed by atoms with van der Waals surface area (Å²) in [6.45, 7) is -0.0435. The first-order valence-corrected chi connectivity index (χ1v) is 10.2. The third-order valence-corrected chi connectivity index (χ3v) is 5.08. The molecule has 2 aromatic heterocycles. The lowest BCUT2D eigenvalue weighted by atomic mass is 10.1. The van der Waals surface area contributed by atoms with E-state index in [2.05, 4.69) is 20.5 Å². The quantitative estimate of drug-likeness (QED) is 0.369. The predicted molar refractivity (Wildman–Crippen MR) is 123 cm³/mol. The summed E-state index contributed by atoms with van der Waals surface area (Å²) in [6.07, 6.45) is 1.52. The first-order chi connectivity index (χ1) is 16.1. The first kappa shape index (κ1) is 20.4. The zero-order valence-electron chi connectivity index (χ0n) is 17.3. The molecule has 0 spiro atoms. The van der Waals surface area contributed by atoms with E-state index in [9.17, 15) is 9.90 Å². The summed E-state index contributed by atoms with van der Waals surface area (Å²) in [5.41, 5.74) is 2.60. The summed E-state index contributed by atoms with van der Waals surface area (Å²) in [5, 5.41) is 32.7. The lowest BCUT2D eigenvalue weighted by Crippen LogP contribution is -2.11. The Kier molecular flexibility index (Phi) is 5.29. The number of anilines is 1. The molecule has 0 saturated carbocycles. The Morgan fingerprint density at radius 2 is 1.79 bits per heavy atom. The largest absolute Gasteiger partial charge is 0.505 e. The average molecular weight is 441 g/mol. The molecule has 33 heavy (non-hydrogen) atoms. The topological polar surface area (TPSA) is 122 Å². The first-order valence-electron chi connectivity index (χ1n) is 10.2. The molecule has 9 heteroatoms. The molecule has 0 aliphatic heterocycles. The van der Waals surface area contributed by atoms with Crippen LogP contribution in [0.15, 0.2) is 72.9 Å². The van der Waals surface area contributed by atoms with Gasteiger partial charge in [0, 0.05) is 28.2 Å². The van der Waals surface area contributed by atoms with Crippen molar-refractivity contribution in [1.29, 1.82) is 0 Å². The van der Waals surface area contributed by atoms with Crippen LogP contribution in [0, 0.1) is 0 Å². The second-order valence-electron chi connectivity index (χ2n) is 7.23. The smallest absolute Gasteiger partial charge is 0.255 e. The number of hydrogen-bond acceptors (Lipinski definition) is 7. The number of aliphatic hydroxyl groups excluding tert-OH is 1. The number of nitrogens with zero attached hydrogens (tertiary/aromatic N) is 4. The van der Waals surface area contributed by atoms with Gasteiger partial charge in [0.1, 0.15) is 23.3 Å². The van der Waals surface area contributed by atoms with E-state index in [0.29, 0.717) is 44.6 Å². The van der Waals surface area contributed by atoms with Gasteiger partial charge in [-0.05, 0) is 48.5 Å². The number of pyridine rings is 1. The predicted octanol–water partition coefficient (Wildman–Crippen LogP) is 3.30. The summed E-state index contributed by atoms with van der Waals surface area (Å²) >= 11 is 0. The Labute approximate surface area is 187 Å². The molecule has 0 radical (unpaired) electrons. The number of aromatic hydroxyl groups is 1. The highest BCUT2D eigenvalue weighted by Gasteiger charge is 2.16. The second kappa shape index (κ2) is 8.56. The van der Waals surface area contributed by atoms with Gasteiger partial charge in [-0.2, -0.15) is 0 Å². The van der Waals surface area contributed by atoms with E-state index in [-0.39, 0.29) is 24.9 Å². The van der Waals surface area contributed by atoms with Crippen LogP contribution in [0.5, 0.6) is 11.6 Å². The fourth-order valence-electron chi connectivity index (χ4n) is 3.51. The van der Waals surface area contributed by atoms with Crippen LogP contribution in [0.1, 0.15) is 10.4 Å². The van der Waals surface area contributed by atoms with Crippen LogP contribution in [0.4, 0.5) is 5.69 Å². The molecular weight excluding hydrogens is 422 g/mol. The van der Waals surface area contributed by atoms with E-state index >= 15 is 0 Å². The molecule has 5 aromatic rings. The minimum Gasteiger partial charge on any atom is -0.505 e. The minimum atomic E-state index is -0.255. The molecule has 3 N–H and O–H groups in total. The Morgan fingerprint density at radius 1 is 0.970 bits per heavy atom. The van der Waals surface area contributed by atoms with Crippen molar-refractivity contribution in [3.8, 4) is 17.3 Å². The van der Waals surface area contributed by atoms with Gasteiger partial charge in [0.25, 0.3) is 5.91 Å². The van der Waals surface area contributed by atoms with Crippen molar-refractivity contribution >= 4 is 33.4 Å². The number of aromatic nitrogens is 4. The molecule has 2 heterocycles. The fourth-order valence-corrected chi connectivity index (χ4v) is 3.51. The molecular formula is C24H19N5O4. The summed E-state index contributed by atoms with van der Waals surface area (Å²) < 4.78 is 5.45. The monoisotopic (exact) mass is 441 g/mol. The SMILES string of the molecule is O=C(Nc1ccccc1)c1ccc2nn(-c3ccc4c(OCCO)nccc4c3O)nc2c1. The molecule has 164 valence electrons. The van der Waals surface area contributed by atoms with Crippen molar-refractivity contribution in [2.24, 2.45) is 0 Å². The van der Waals surface area contributed by atoms with E-state index < -0.39 is 0 Å². The third kappa shape index (κ3) is 3.92. The van der Waals surface area contributed by atoms with Crippen molar-refractivity contribution in [2.45, 2.75) is 0 Å². The van der Waals surface area contributed by atoms with Crippen LogP contribution < -0.4 is 10.1 Å². The van der Waals surface area contributed by atoms with Crippen LogP contribution >= 0.6 is 0 Å². The molecule has 0 bridgehead atoms. The van der Waals surface area contributed by atoms with E-state index in [0.717, 1.165) is 0 Å². The second-order valence-corrected chi connectivity index (χ2v) is 7.23. The number of phenolic OH excluding ortho intramolecular Hbond substituents is 1. The number of benzene rings is 3. The summed E-state index contributed by atoms with van der Waals surface area (Å²) in [6, 6.07) is 19.3. The summed E-state index contributed by atoms with van der Waals surface area (Å²) in [4.78, 5) is 18.1. The number of amides is 1. The highest BCUT2D eigenvalue weighted by atomic mass is 16.5. The molecule has 0 unspecified atom stereocenters. The van der Waals surface area contributed by atoms with E-state index in [1.165, 1.54) is 11.0 Å². The number of para-hydroxylation sites is 1. The van der Waals surface area contributed by atoms with Crippen LogP contribution in [-0.4, -0.2) is 49.3 Å². The molecule has 1 amide bonds. The maximum absolute atomic E-state index is 12.6. The molecule has 3 aromatic carbocycles. The van der Waals surface area contributed by atoms with Crippen molar-refractivity contribution in [1.82, 2.24) is 20.0 Å². The lowest BCUT2D eigenvalue weighted by Gasteiger charge is -2.10. The molecule has 0 aliphatic rings. The van der Waals surface area contributed by atoms with Gasteiger partial charge >= 0.3 is 0 Å². The lowest BCUT2D eigenvalue weighted by molar-refractivity contribution is 0.102. The van der Waals surface area contributed by atoms with Gasteiger partial charge in [-0.3, -0.25) is 4.79 Å². The molecule has 0 aliphatic carbocycles. The van der Waals surface area contributed by atoms with Crippen LogP contribution in [0.25, 0.3) is 27.5 Å². The Balaban J connectivity index is 1.49. The number of carbonyl (C=O) groups is 1. The van der Waals surface area contributed by atoms with Gasteiger partial charge in [-0.25, -0.2) is 4.98 Å². The normalized spacial score (nSPS) is 11.1. The van der Waals surface area contributed by atoms with Gasteiger partial charge in [-0.1, -0.05) is 18.2 Å². The zero-order chi connectivity index (χ0) is 22.8. The average Bonchev–Trinajstić information content (AvgIpc) is 3.27. The van der Waals surface area contributed by atoms with Crippen molar-refractivity contribution < 1.29 is 19.7 Å². The number of nitrogens with one attached hydrogen (secondary N) is 1. The third-order valence-electron chi connectivity index (χ3n) is 5.08. The Hall–Kier alpha value is -4.50. The Bertz CT molecular complexity index is 1470. The number of aliphatic hydroxyl groups is 1. The van der Waals surface area contributed by atoms with Crippen molar-refractivity contribution in [2.75, 3.05) is 18.5 Å². The van der Waals surface area contributed by atoms with Crippen molar-refractivity contribution in [3.63, 3.8) is 0 Å². The van der Waals surface area contributed by atoms with Gasteiger partial charge < -0.3 is 20.3 Å². The van der Waals surface area contributed by atoms with E-state index in [1.54, 1.807) is 36.4 Å². The van der Waals surface area contributed by atoms with Crippen molar-refractivity contribution in [3.05, 3.63) is 78.5 Å². The maximum atomic E-state index is 12.6. The molecule has 9 nitrogen and oxygen atoms in total. The number of hydrogen-bond donors (Lipinski definition) is 3. The number of rotatable bonds is 6. The standard InChI is InChI=1S/C24H19N5O4/c30-12-13-33-24-18-7-9-21(22(31)17(18)10-11-25-24)29-27-19-8-6-15(14-20(19)28-29)23(32)26-16-4-2-1-3-5-16/h1-11,14,30-31H,12-13H2,(H,26,32). The molecule has 5 rings (SSSR count). The highest BCUT2D eigenvalue weighted by molar-refractivity contribution is 6.05. The van der Waals surface area contributed by atoms with Gasteiger partial charge in [0.2, 0.25) is 5.88 Å². The van der Waals surface area contributed by atoms with Gasteiger partial charge in [-0.15, -0.1) is 15.0 Å². The van der Waals surface area contributed by atoms with Crippen LogP contribution in [-0.2, 0) is 0 Å². The number of phenols is 1. The number of ether oxygens (including phenoxy) is 1. The minimum absolute atomic E-state index is 0.0360. The zero-order valence-corrected chi connectivity index (χ0v) is 17.3. The Morgan fingerprint density at radius 3 is 2.61 bits per heavy atom. The summed E-state index contributed by atoms with van der Waals surface area (Å²) in [7, 11) is 0. The van der Waals surface area contributed by atoms with Gasteiger partial charge in [0.05, 0.1) is 6.61 Å². The number of carbonyl (C=O) groups excluding carboxylic acids is 1. The van der Waals surface area contributed by atoms with Gasteiger partial charge in [0.15, 0.2) is 5.75 Å². The summed E-state index contributed by atoms with van der Waals surface area (Å²) in [5.74, 6) is 0.0243. The van der Waals surface area contributed by atoms with E-state index in [4.69, 9.17) is 9.84 Å². The molecule has 0 atom stereocenters. The van der Waals surface area contributed by atoms with Crippen LogP contribution in [0.2, 0.25) is 0 Å². The molecule has 0 fully saturated rings. The maximum Gasteiger partial charge on any atom is 0.255 e. The fraction of sp³-hybridized carbons (Fsp3) is 0.0833. The highest BCUT2D eigenvalue weighted by Crippen LogP contribution is 2.34.